The Balaban J connectivity index is 2.41. The van der Waals surface area contributed by atoms with Crippen LogP contribution in [0.25, 0.3) is 0 Å². The first-order valence-electron chi connectivity index (χ1n) is 6.82. The van der Waals surface area contributed by atoms with Gasteiger partial charge in [-0.25, -0.2) is 9.89 Å². The van der Waals surface area contributed by atoms with Crippen molar-refractivity contribution in [1.82, 2.24) is 10.2 Å². The third kappa shape index (κ3) is 3.11. The summed E-state index contributed by atoms with van der Waals surface area (Å²) in [5, 5.41) is 6.03. The normalized spacial score (nSPS) is 10.3. The monoisotopic (exact) mass is 300 g/mol. The summed E-state index contributed by atoms with van der Waals surface area (Å²) in [5.74, 6) is -0.845. The van der Waals surface area contributed by atoms with Gasteiger partial charge >= 0.3 is 5.97 Å². The number of ketones is 1. The highest BCUT2D eigenvalue weighted by molar-refractivity contribution is 6.10. The summed E-state index contributed by atoms with van der Waals surface area (Å²) in [6.07, 6.45) is 0. The first kappa shape index (κ1) is 15.6. The molecule has 1 N–H and O–H groups in total. The summed E-state index contributed by atoms with van der Waals surface area (Å²) in [6.45, 7) is 5.40. The molecule has 0 aliphatic heterocycles. The van der Waals surface area contributed by atoms with Crippen molar-refractivity contribution in [3.63, 3.8) is 0 Å². The molecule has 0 atom stereocenters. The SMILES string of the molecule is CCOC(=O)c1ccc(C(=O)c2cc(C)n[nH]c2=O)c(C)c1. The van der Waals surface area contributed by atoms with Gasteiger partial charge in [0.2, 0.25) is 0 Å². The maximum Gasteiger partial charge on any atom is 0.338 e. The zero-order chi connectivity index (χ0) is 16.3. The van der Waals surface area contributed by atoms with Gasteiger partial charge in [-0.2, -0.15) is 5.10 Å². The van der Waals surface area contributed by atoms with Gasteiger partial charge in [0.05, 0.1) is 23.4 Å². The van der Waals surface area contributed by atoms with E-state index in [1.165, 1.54) is 18.2 Å². The van der Waals surface area contributed by atoms with Gasteiger partial charge in [-0.3, -0.25) is 9.59 Å². The van der Waals surface area contributed by atoms with Crippen LogP contribution < -0.4 is 5.56 Å². The molecule has 0 radical (unpaired) electrons. The molecule has 0 fully saturated rings. The minimum Gasteiger partial charge on any atom is -0.462 e. The lowest BCUT2D eigenvalue weighted by atomic mass is 9.98. The second-order valence-corrected chi connectivity index (χ2v) is 4.83. The average Bonchev–Trinajstić information content (AvgIpc) is 2.49. The van der Waals surface area contributed by atoms with Gasteiger partial charge in [-0.1, -0.05) is 0 Å². The molecule has 6 nitrogen and oxygen atoms in total. The van der Waals surface area contributed by atoms with Crippen molar-refractivity contribution in [1.29, 1.82) is 0 Å². The van der Waals surface area contributed by atoms with Crippen LogP contribution in [0, 0.1) is 13.8 Å². The number of H-pyrrole nitrogens is 1. The Morgan fingerprint density at radius 3 is 2.55 bits per heavy atom. The van der Waals surface area contributed by atoms with E-state index in [2.05, 4.69) is 10.2 Å². The van der Waals surface area contributed by atoms with Gasteiger partial charge in [0.25, 0.3) is 5.56 Å². The van der Waals surface area contributed by atoms with E-state index in [0.717, 1.165) is 0 Å². The third-order valence-electron chi connectivity index (χ3n) is 3.16. The lowest BCUT2D eigenvalue weighted by Gasteiger charge is -2.07. The van der Waals surface area contributed by atoms with Crippen LogP contribution in [0.1, 0.15) is 44.5 Å². The van der Waals surface area contributed by atoms with Crippen molar-refractivity contribution in [3.8, 4) is 0 Å². The zero-order valence-corrected chi connectivity index (χ0v) is 12.6. The van der Waals surface area contributed by atoms with Crippen LogP contribution in [0.3, 0.4) is 0 Å². The molecule has 0 unspecified atom stereocenters. The molecule has 1 aromatic heterocycles. The number of esters is 1. The number of aromatic amines is 1. The molecule has 1 heterocycles. The minimum absolute atomic E-state index is 0.0273. The molecule has 0 bridgehead atoms. The van der Waals surface area contributed by atoms with Gasteiger partial charge in [-0.15, -0.1) is 0 Å². The van der Waals surface area contributed by atoms with Crippen LogP contribution in [0.5, 0.6) is 0 Å². The predicted molar refractivity (Wildman–Crippen MR) is 80.2 cm³/mol. The predicted octanol–water partition coefficient (Wildman–Crippen LogP) is 1.79. The summed E-state index contributed by atoms with van der Waals surface area (Å²) >= 11 is 0. The molecular formula is C16H16N2O4. The number of aryl methyl sites for hydroxylation is 2. The Morgan fingerprint density at radius 2 is 1.91 bits per heavy atom. The largest absolute Gasteiger partial charge is 0.462 e. The first-order chi connectivity index (χ1) is 10.4. The molecule has 22 heavy (non-hydrogen) atoms. The Hall–Kier alpha value is -2.76. The maximum atomic E-state index is 12.5. The number of carbonyl (C=O) groups is 2. The molecule has 2 aromatic rings. The fraction of sp³-hybridized carbons (Fsp3) is 0.250. The Bertz CT molecular complexity index is 793. The van der Waals surface area contributed by atoms with E-state index >= 15 is 0 Å². The minimum atomic E-state index is -0.538. The third-order valence-corrected chi connectivity index (χ3v) is 3.16. The van der Waals surface area contributed by atoms with Crippen molar-refractivity contribution >= 4 is 11.8 Å². The lowest BCUT2D eigenvalue weighted by Crippen LogP contribution is -2.20. The van der Waals surface area contributed by atoms with Gasteiger partial charge in [0.1, 0.15) is 0 Å². The molecule has 6 heteroatoms. The van der Waals surface area contributed by atoms with Crippen molar-refractivity contribution in [3.05, 3.63) is 62.6 Å². The molecule has 0 aliphatic carbocycles. The van der Waals surface area contributed by atoms with Gasteiger partial charge in [0, 0.05) is 5.56 Å². The van der Waals surface area contributed by atoms with Gasteiger partial charge in [0.15, 0.2) is 5.78 Å². The molecular weight excluding hydrogens is 284 g/mol. The highest BCUT2D eigenvalue weighted by Crippen LogP contribution is 2.15. The number of carbonyl (C=O) groups excluding carboxylic acids is 2. The number of aromatic nitrogens is 2. The fourth-order valence-electron chi connectivity index (χ4n) is 2.08. The molecule has 0 saturated carbocycles. The maximum absolute atomic E-state index is 12.5. The average molecular weight is 300 g/mol. The van der Waals surface area contributed by atoms with Crippen molar-refractivity contribution in [2.45, 2.75) is 20.8 Å². The summed E-state index contributed by atoms with van der Waals surface area (Å²) in [4.78, 5) is 35.9. The smallest absolute Gasteiger partial charge is 0.338 e. The Labute approximate surface area is 127 Å². The van der Waals surface area contributed by atoms with E-state index < -0.39 is 17.3 Å². The number of nitrogens with one attached hydrogen (secondary N) is 1. The molecule has 114 valence electrons. The second kappa shape index (κ2) is 6.34. The van der Waals surface area contributed by atoms with Gasteiger partial charge < -0.3 is 4.74 Å². The van der Waals surface area contributed by atoms with E-state index in [4.69, 9.17) is 4.74 Å². The number of rotatable bonds is 4. The Morgan fingerprint density at radius 1 is 1.18 bits per heavy atom. The quantitative estimate of drug-likeness (QED) is 0.687. The van der Waals surface area contributed by atoms with Gasteiger partial charge in [-0.05, 0) is 50.6 Å². The summed E-state index contributed by atoms with van der Waals surface area (Å²) < 4.78 is 4.92. The number of ether oxygens (including phenoxy) is 1. The number of benzene rings is 1. The molecule has 1 aromatic carbocycles. The first-order valence-corrected chi connectivity index (χ1v) is 6.82. The summed E-state index contributed by atoms with van der Waals surface area (Å²) in [7, 11) is 0. The standard InChI is InChI=1S/C16H16N2O4/c1-4-22-16(21)11-5-6-12(9(2)7-11)14(19)13-8-10(3)17-18-15(13)20/h5-8H,4H2,1-3H3,(H,18,20). The van der Waals surface area contributed by atoms with E-state index in [0.29, 0.717) is 22.4 Å². The van der Waals surface area contributed by atoms with Crippen LogP contribution in [-0.2, 0) is 4.74 Å². The number of hydrogen-bond donors (Lipinski definition) is 1. The zero-order valence-electron chi connectivity index (χ0n) is 12.6. The summed E-state index contributed by atoms with van der Waals surface area (Å²) in [6, 6.07) is 6.06. The molecule has 0 saturated heterocycles. The number of nitrogens with zero attached hydrogens (tertiary/aromatic N) is 1. The highest BCUT2D eigenvalue weighted by Gasteiger charge is 2.17. The molecule has 0 amide bonds. The van der Waals surface area contributed by atoms with Crippen molar-refractivity contribution < 1.29 is 14.3 Å². The van der Waals surface area contributed by atoms with E-state index in [1.54, 1.807) is 26.8 Å². The van der Waals surface area contributed by atoms with E-state index in [-0.39, 0.29) is 12.2 Å². The summed E-state index contributed by atoms with van der Waals surface area (Å²) in [5.41, 5.74) is 1.37. The topological polar surface area (TPSA) is 89.1 Å². The highest BCUT2D eigenvalue weighted by atomic mass is 16.5. The van der Waals surface area contributed by atoms with Crippen molar-refractivity contribution in [2.24, 2.45) is 0 Å². The van der Waals surface area contributed by atoms with Crippen LogP contribution in [-0.4, -0.2) is 28.6 Å². The Kier molecular flexibility index (Phi) is 4.50. The van der Waals surface area contributed by atoms with Crippen molar-refractivity contribution in [2.75, 3.05) is 6.61 Å². The molecule has 2 rings (SSSR count). The van der Waals surface area contributed by atoms with E-state index in [1.807, 2.05) is 0 Å². The number of hydrogen-bond acceptors (Lipinski definition) is 5. The lowest BCUT2D eigenvalue weighted by molar-refractivity contribution is 0.0526. The molecule has 0 spiro atoms. The molecule has 0 aliphatic rings. The van der Waals surface area contributed by atoms with E-state index in [9.17, 15) is 14.4 Å². The van der Waals surface area contributed by atoms with Crippen LogP contribution in [0.2, 0.25) is 0 Å². The van der Waals surface area contributed by atoms with Crippen LogP contribution >= 0.6 is 0 Å². The van der Waals surface area contributed by atoms with Crippen LogP contribution in [0.4, 0.5) is 0 Å². The fourth-order valence-corrected chi connectivity index (χ4v) is 2.08. The van der Waals surface area contributed by atoms with Crippen LogP contribution in [0.15, 0.2) is 29.1 Å². The second-order valence-electron chi connectivity index (χ2n) is 4.83.